The van der Waals surface area contributed by atoms with E-state index in [2.05, 4.69) is 45.5 Å². The molecule has 0 aromatic heterocycles. The van der Waals surface area contributed by atoms with E-state index in [9.17, 15) is 0 Å². The number of piperidine rings is 1. The summed E-state index contributed by atoms with van der Waals surface area (Å²) in [6.07, 6.45) is 2.39. The first-order valence-electron chi connectivity index (χ1n) is 5.80. The van der Waals surface area contributed by atoms with Crippen molar-refractivity contribution in [3.8, 4) is 0 Å². The highest BCUT2D eigenvalue weighted by atomic mass is 79.9. The van der Waals surface area contributed by atoms with Crippen LogP contribution in [-0.4, -0.2) is 19.7 Å². The van der Waals surface area contributed by atoms with Crippen LogP contribution < -0.4 is 5.32 Å². The van der Waals surface area contributed by atoms with Gasteiger partial charge in [-0.1, -0.05) is 28.1 Å². The van der Waals surface area contributed by atoms with Gasteiger partial charge in [-0.15, -0.1) is 0 Å². The van der Waals surface area contributed by atoms with Crippen molar-refractivity contribution in [2.24, 2.45) is 5.92 Å². The molecule has 0 saturated carbocycles. The van der Waals surface area contributed by atoms with Crippen LogP contribution in [0.3, 0.4) is 0 Å². The van der Waals surface area contributed by atoms with Crippen LogP contribution >= 0.6 is 15.9 Å². The number of ether oxygens (including phenoxy) is 1. The molecular formula is C13H17BrNO. The molecule has 0 spiro atoms. The Bertz CT molecular complexity index is 306. The molecule has 2 rings (SSSR count). The predicted octanol–water partition coefficient (Wildman–Crippen LogP) is 2.98. The maximum Gasteiger partial charge on any atom is 0.0717 e. The first kappa shape index (κ1) is 12.1. The van der Waals surface area contributed by atoms with Crippen LogP contribution in [-0.2, 0) is 11.3 Å². The van der Waals surface area contributed by atoms with Crippen molar-refractivity contribution in [1.29, 1.82) is 0 Å². The molecule has 1 aliphatic heterocycles. The average Bonchev–Trinajstić information content (AvgIpc) is 2.33. The Morgan fingerprint density at radius 2 is 1.88 bits per heavy atom. The molecule has 0 atom stereocenters. The van der Waals surface area contributed by atoms with Crippen LogP contribution in [0.15, 0.2) is 28.7 Å². The van der Waals surface area contributed by atoms with Gasteiger partial charge in [-0.3, -0.25) is 0 Å². The molecule has 0 amide bonds. The first-order valence-corrected chi connectivity index (χ1v) is 6.59. The lowest BCUT2D eigenvalue weighted by Gasteiger charge is -2.21. The van der Waals surface area contributed by atoms with Crippen LogP contribution in [0.5, 0.6) is 0 Å². The van der Waals surface area contributed by atoms with Crippen molar-refractivity contribution in [3.05, 3.63) is 34.3 Å². The van der Waals surface area contributed by atoms with E-state index in [1.807, 2.05) is 0 Å². The molecule has 1 aromatic carbocycles. The summed E-state index contributed by atoms with van der Waals surface area (Å²) >= 11 is 3.42. The van der Waals surface area contributed by atoms with E-state index in [0.717, 1.165) is 30.8 Å². The fraction of sp³-hybridized carbons (Fsp3) is 0.538. The fourth-order valence-corrected chi connectivity index (χ4v) is 2.16. The second-order valence-electron chi connectivity index (χ2n) is 4.26. The van der Waals surface area contributed by atoms with Crippen LogP contribution in [0, 0.1) is 5.92 Å². The topological polar surface area (TPSA) is 23.3 Å². The second-order valence-corrected chi connectivity index (χ2v) is 5.17. The first-order chi connectivity index (χ1) is 7.84. The van der Waals surface area contributed by atoms with Gasteiger partial charge in [0.1, 0.15) is 0 Å². The molecular weight excluding hydrogens is 266 g/mol. The molecule has 0 N–H and O–H groups in total. The smallest absolute Gasteiger partial charge is 0.0717 e. The molecule has 1 heterocycles. The summed E-state index contributed by atoms with van der Waals surface area (Å²) in [5.41, 5.74) is 1.24. The summed E-state index contributed by atoms with van der Waals surface area (Å²) < 4.78 is 6.86. The van der Waals surface area contributed by atoms with Gasteiger partial charge >= 0.3 is 0 Å². The van der Waals surface area contributed by atoms with Crippen LogP contribution in [0.2, 0.25) is 0 Å². The van der Waals surface area contributed by atoms with Gasteiger partial charge in [-0.25, -0.2) is 5.32 Å². The van der Waals surface area contributed by atoms with Gasteiger partial charge < -0.3 is 4.74 Å². The van der Waals surface area contributed by atoms with Crippen LogP contribution in [0.1, 0.15) is 18.4 Å². The van der Waals surface area contributed by atoms with E-state index in [4.69, 9.17) is 4.74 Å². The molecule has 1 saturated heterocycles. The molecule has 0 unspecified atom stereocenters. The fourth-order valence-electron chi connectivity index (χ4n) is 1.89. The summed E-state index contributed by atoms with van der Waals surface area (Å²) in [7, 11) is 0. The third-order valence-corrected chi connectivity index (χ3v) is 3.46. The Morgan fingerprint density at radius 1 is 1.19 bits per heavy atom. The van der Waals surface area contributed by atoms with Gasteiger partial charge in [0.2, 0.25) is 0 Å². The van der Waals surface area contributed by atoms with E-state index < -0.39 is 0 Å². The van der Waals surface area contributed by atoms with Gasteiger partial charge in [0, 0.05) is 24.2 Å². The van der Waals surface area contributed by atoms with Gasteiger partial charge in [-0.05, 0) is 36.5 Å². The van der Waals surface area contributed by atoms with E-state index >= 15 is 0 Å². The maximum absolute atomic E-state index is 5.74. The molecule has 2 nitrogen and oxygen atoms in total. The lowest BCUT2D eigenvalue weighted by atomic mass is 9.99. The molecule has 1 aliphatic rings. The molecule has 16 heavy (non-hydrogen) atoms. The highest BCUT2D eigenvalue weighted by Crippen LogP contribution is 2.15. The predicted molar refractivity (Wildman–Crippen MR) is 68.4 cm³/mol. The summed E-state index contributed by atoms with van der Waals surface area (Å²) in [5.74, 6) is 0.716. The quantitative estimate of drug-likeness (QED) is 0.833. The monoisotopic (exact) mass is 282 g/mol. The summed E-state index contributed by atoms with van der Waals surface area (Å²) in [6, 6.07) is 8.30. The normalized spacial score (nSPS) is 17.6. The van der Waals surface area contributed by atoms with Gasteiger partial charge in [0.15, 0.2) is 0 Å². The van der Waals surface area contributed by atoms with Crippen molar-refractivity contribution >= 4 is 15.9 Å². The highest BCUT2D eigenvalue weighted by Gasteiger charge is 2.13. The number of hydrogen-bond acceptors (Lipinski definition) is 1. The van der Waals surface area contributed by atoms with Gasteiger partial charge in [0.25, 0.3) is 0 Å². The molecule has 3 heteroatoms. The summed E-state index contributed by atoms with van der Waals surface area (Å²) in [6.45, 7) is 3.64. The van der Waals surface area contributed by atoms with Crippen molar-refractivity contribution in [2.45, 2.75) is 19.4 Å². The minimum absolute atomic E-state index is 0.716. The van der Waals surface area contributed by atoms with E-state index in [1.54, 1.807) is 0 Å². The number of hydrogen-bond donors (Lipinski definition) is 0. The minimum Gasteiger partial charge on any atom is -0.376 e. The lowest BCUT2D eigenvalue weighted by Crippen LogP contribution is -2.25. The highest BCUT2D eigenvalue weighted by molar-refractivity contribution is 9.10. The lowest BCUT2D eigenvalue weighted by molar-refractivity contribution is 0.0760. The van der Waals surface area contributed by atoms with Crippen molar-refractivity contribution in [2.75, 3.05) is 19.7 Å². The molecule has 1 radical (unpaired) electrons. The van der Waals surface area contributed by atoms with Gasteiger partial charge in [-0.2, -0.15) is 0 Å². The molecule has 1 aromatic rings. The van der Waals surface area contributed by atoms with Gasteiger partial charge in [0.05, 0.1) is 6.61 Å². The summed E-state index contributed by atoms with van der Waals surface area (Å²) in [5, 5.41) is 4.34. The Kier molecular flexibility index (Phi) is 4.82. The van der Waals surface area contributed by atoms with Crippen molar-refractivity contribution in [3.63, 3.8) is 0 Å². The zero-order valence-electron chi connectivity index (χ0n) is 9.36. The molecule has 0 aliphatic carbocycles. The van der Waals surface area contributed by atoms with Crippen molar-refractivity contribution in [1.82, 2.24) is 5.32 Å². The zero-order chi connectivity index (χ0) is 11.2. The SMILES string of the molecule is Brc1ccc(COCC2CC[N]CC2)cc1. The maximum atomic E-state index is 5.74. The Labute approximate surface area is 106 Å². The Hall–Kier alpha value is -0.380. The van der Waals surface area contributed by atoms with Crippen molar-refractivity contribution < 1.29 is 4.74 Å². The third kappa shape index (κ3) is 3.89. The second kappa shape index (κ2) is 6.38. The van der Waals surface area contributed by atoms with Crippen LogP contribution in [0.4, 0.5) is 0 Å². The number of rotatable bonds is 4. The number of nitrogens with zero attached hydrogens (tertiary/aromatic N) is 1. The molecule has 87 valence electrons. The van der Waals surface area contributed by atoms with Crippen LogP contribution in [0.25, 0.3) is 0 Å². The molecule has 0 bridgehead atoms. The number of halogens is 1. The van der Waals surface area contributed by atoms with E-state index in [0.29, 0.717) is 5.92 Å². The van der Waals surface area contributed by atoms with E-state index in [-0.39, 0.29) is 0 Å². The Morgan fingerprint density at radius 3 is 2.56 bits per heavy atom. The largest absolute Gasteiger partial charge is 0.376 e. The van der Waals surface area contributed by atoms with E-state index in [1.165, 1.54) is 18.4 Å². The number of benzene rings is 1. The average molecular weight is 283 g/mol. The third-order valence-electron chi connectivity index (χ3n) is 2.93. The zero-order valence-corrected chi connectivity index (χ0v) is 10.9. The molecule has 1 fully saturated rings. The minimum atomic E-state index is 0.716. The summed E-state index contributed by atoms with van der Waals surface area (Å²) in [4.78, 5) is 0. The Balaban J connectivity index is 1.69. The standard InChI is InChI=1S/C13H17BrNO/c14-13-3-1-11(2-4-13)9-16-10-12-5-7-15-8-6-12/h1-4,12H,5-10H2.